The number of hydrogen-bond donors (Lipinski definition) is 2. The van der Waals surface area contributed by atoms with Gasteiger partial charge in [-0.2, -0.15) is 0 Å². The lowest BCUT2D eigenvalue weighted by Crippen LogP contribution is -2.26. The summed E-state index contributed by atoms with van der Waals surface area (Å²) in [6, 6.07) is 5.04. The van der Waals surface area contributed by atoms with E-state index in [2.05, 4.69) is 5.32 Å². The van der Waals surface area contributed by atoms with Gasteiger partial charge in [0.25, 0.3) is 0 Å². The van der Waals surface area contributed by atoms with Crippen molar-refractivity contribution in [3.05, 3.63) is 23.8 Å². The Balaban J connectivity index is 1.97. The molecule has 2 N–H and O–H groups in total. The van der Waals surface area contributed by atoms with Crippen LogP contribution in [0, 0.1) is 5.92 Å². The normalized spacial score (nSPS) is 22.6. The van der Waals surface area contributed by atoms with Gasteiger partial charge in [0.1, 0.15) is 11.5 Å². The molecule has 1 fully saturated rings. The van der Waals surface area contributed by atoms with E-state index in [1.54, 1.807) is 25.3 Å². The molecule has 5 nitrogen and oxygen atoms in total. The minimum absolute atomic E-state index is 0.0617. The van der Waals surface area contributed by atoms with Crippen LogP contribution in [-0.2, 0) is 9.84 Å². The molecule has 1 heterocycles. The summed E-state index contributed by atoms with van der Waals surface area (Å²) in [5.41, 5.74) is 0.755. The lowest BCUT2D eigenvalue weighted by molar-refractivity contribution is 0.405. The Morgan fingerprint density at radius 3 is 2.85 bits per heavy atom. The van der Waals surface area contributed by atoms with Crippen molar-refractivity contribution in [2.24, 2.45) is 5.92 Å². The van der Waals surface area contributed by atoms with Gasteiger partial charge in [0, 0.05) is 11.6 Å². The quantitative estimate of drug-likeness (QED) is 0.861. The van der Waals surface area contributed by atoms with Crippen LogP contribution in [0.15, 0.2) is 18.2 Å². The lowest BCUT2D eigenvalue weighted by atomic mass is 10.0. The van der Waals surface area contributed by atoms with Crippen LogP contribution in [0.2, 0.25) is 0 Å². The van der Waals surface area contributed by atoms with Gasteiger partial charge in [-0.1, -0.05) is 0 Å². The molecule has 0 amide bonds. The fraction of sp³-hybridized carbons (Fsp3) is 0.571. The Kier molecular flexibility index (Phi) is 4.55. The molecule has 1 aliphatic rings. The highest BCUT2D eigenvalue weighted by atomic mass is 32.2. The van der Waals surface area contributed by atoms with Gasteiger partial charge in [-0.25, -0.2) is 8.42 Å². The van der Waals surface area contributed by atoms with Gasteiger partial charge in [0.2, 0.25) is 0 Å². The minimum atomic E-state index is -2.84. The number of aromatic hydroxyl groups is 1. The van der Waals surface area contributed by atoms with E-state index in [0.717, 1.165) is 5.56 Å². The fourth-order valence-corrected chi connectivity index (χ4v) is 4.35. The average Bonchev–Trinajstić information content (AvgIpc) is 2.76. The van der Waals surface area contributed by atoms with E-state index in [9.17, 15) is 13.5 Å². The van der Waals surface area contributed by atoms with Gasteiger partial charge in [-0.05, 0) is 44.0 Å². The first kappa shape index (κ1) is 15.1. The zero-order valence-electron chi connectivity index (χ0n) is 11.8. The maximum Gasteiger partial charge on any atom is 0.150 e. The summed E-state index contributed by atoms with van der Waals surface area (Å²) in [6.45, 7) is 2.58. The third-order valence-electron chi connectivity index (χ3n) is 3.74. The van der Waals surface area contributed by atoms with Crippen LogP contribution in [0.4, 0.5) is 0 Å². The van der Waals surface area contributed by atoms with Crippen molar-refractivity contribution < 1.29 is 18.3 Å². The topological polar surface area (TPSA) is 75.6 Å². The first-order valence-electron chi connectivity index (χ1n) is 6.72. The van der Waals surface area contributed by atoms with E-state index < -0.39 is 9.84 Å². The molecule has 2 atom stereocenters. The van der Waals surface area contributed by atoms with Crippen molar-refractivity contribution >= 4 is 9.84 Å². The highest BCUT2D eigenvalue weighted by Crippen LogP contribution is 2.28. The molecule has 0 bridgehead atoms. The van der Waals surface area contributed by atoms with Crippen LogP contribution in [0.5, 0.6) is 11.5 Å². The lowest BCUT2D eigenvalue weighted by Gasteiger charge is -2.18. The second kappa shape index (κ2) is 6.01. The van der Waals surface area contributed by atoms with Gasteiger partial charge in [-0.15, -0.1) is 0 Å². The van der Waals surface area contributed by atoms with Crippen LogP contribution < -0.4 is 10.1 Å². The third kappa shape index (κ3) is 3.64. The Labute approximate surface area is 119 Å². The smallest absolute Gasteiger partial charge is 0.150 e. The van der Waals surface area contributed by atoms with E-state index >= 15 is 0 Å². The monoisotopic (exact) mass is 299 g/mol. The molecule has 1 aromatic carbocycles. The van der Waals surface area contributed by atoms with Crippen molar-refractivity contribution in [2.75, 3.05) is 25.2 Å². The van der Waals surface area contributed by atoms with Gasteiger partial charge < -0.3 is 15.2 Å². The van der Waals surface area contributed by atoms with Crippen LogP contribution >= 0.6 is 0 Å². The molecule has 0 radical (unpaired) electrons. The van der Waals surface area contributed by atoms with E-state index in [1.807, 2.05) is 6.92 Å². The summed E-state index contributed by atoms with van der Waals surface area (Å²) in [7, 11) is -1.26. The molecule has 2 rings (SSSR count). The van der Waals surface area contributed by atoms with Gasteiger partial charge >= 0.3 is 0 Å². The molecule has 0 spiro atoms. The van der Waals surface area contributed by atoms with E-state index in [0.29, 0.717) is 18.7 Å². The molecule has 0 aromatic heterocycles. The van der Waals surface area contributed by atoms with Gasteiger partial charge in [-0.3, -0.25) is 0 Å². The number of rotatable bonds is 5. The number of nitrogens with one attached hydrogen (secondary N) is 1. The Bertz CT molecular complexity index is 571. The predicted octanol–water partition coefficient (Wildman–Crippen LogP) is 1.49. The van der Waals surface area contributed by atoms with E-state index in [4.69, 9.17) is 4.74 Å². The molecule has 20 heavy (non-hydrogen) atoms. The first-order valence-corrected chi connectivity index (χ1v) is 8.54. The minimum Gasteiger partial charge on any atom is -0.508 e. The van der Waals surface area contributed by atoms with Crippen LogP contribution in [0.25, 0.3) is 0 Å². The summed E-state index contributed by atoms with van der Waals surface area (Å²) < 4.78 is 28.0. The Morgan fingerprint density at radius 2 is 2.25 bits per heavy atom. The van der Waals surface area contributed by atoms with Crippen LogP contribution in [0.1, 0.15) is 24.9 Å². The highest BCUT2D eigenvalue weighted by Gasteiger charge is 2.28. The summed E-state index contributed by atoms with van der Waals surface area (Å²) >= 11 is 0. The number of methoxy groups -OCH3 is 1. The Morgan fingerprint density at radius 1 is 1.50 bits per heavy atom. The molecule has 1 aliphatic heterocycles. The molecule has 1 aromatic rings. The zero-order valence-corrected chi connectivity index (χ0v) is 12.6. The molecule has 6 heteroatoms. The number of phenolic OH excluding ortho intramolecular Hbond substituents is 1. The highest BCUT2D eigenvalue weighted by molar-refractivity contribution is 7.91. The van der Waals surface area contributed by atoms with Crippen LogP contribution in [0.3, 0.4) is 0 Å². The fourth-order valence-electron chi connectivity index (χ4n) is 2.49. The average molecular weight is 299 g/mol. The number of sulfone groups is 1. The second-order valence-electron chi connectivity index (χ2n) is 5.32. The molecule has 0 saturated carbocycles. The summed E-state index contributed by atoms with van der Waals surface area (Å²) in [4.78, 5) is 0. The largest absolute Gasteiger partial charge is 0.508 e. The Hall–Kier alpha value is -1.27. The standard InChI is InChI=1S/C14H21NO4S/c1-10(13-7-12(19-2)3-4-14(13)16)15-8-11-5-6-20(17,18)9-11/h3-4,7,10-11,15-16H,5-6,8-9H2,1-2H3. The number of hydrogen-bond acceptors (Lipinski definition) is 5. The predicted molar refractivity (Wildman–Crippen MR) is 77.8 cm³/mol. The van der Waals surface area contributed by atoms with Crippen molar-refractivity contribution in [1.82, 2.24) is 5.32 Å². The molecular weight excluding hydrogens is 278 g/mol. The van der Waals surface area contributed by atoms with Gasteiger partial charge in [0.05, 0.1) is 18.6 Å². The summed E-state index contributed by atoms with van der Waals surface area (Å²) in [5.74, 6) is 1.62. The maximum absolute atomic E-state index is 11.4. The molecule has 0 aliphatic carbocycles. The van der Waals surface area contributed by atoms with Crippen molar-refractivity contribution in [3.8, 4) is 11.5 Å². The first-order chi connectivity index (χ1) is 9.41. The summed E-state index contributed by atoms with van der Waals surface area (Å²) in [6.07, 6.45) is 0.714. The van der Waals surface area contributed by atoms with Crippen molar-refractivity contribution in [2.45, 2.75) is 19.4 Å². The van der Waals surface area contributed by atoms with Gasteiger partial charge in [0.15, 0.2) is 9.84 Å². The SMILES string of the molecule is COc1ccc(O)c(C(C)NCC2CCS(=O)(=O)C2)c1. The zero-order chi connectivity index (χ0) is 14.8. The van der Waals surface area contributed by atoms with Crippen molar-refractivity contribution in [3.63, 3.8) is 0 Å². The summed E-state index contributed by atoms with van der Waals surface area (Å²) in [5, 5.41) is 13.2. The third-order valence-corrected chi connectivity index (χ3v) is 5.58. The number of phenols is 1. The maximum atomic E-state index is 11.4. The van der Waals surface area contributed by atoms with E-state index in [-0.39, 0.29) is 29.2 Å². The molecule has 1 saturated heterocycles. The van der Waals surface area contributed by atoms with Crippen molar-refractivity contribution in [1.29, 1.82) is 0 Å². The molecule has 2 unspecified atom stereocenters. The van der Waals surface area contributed by atoms with Crippen LogP contribution in [-0.4, -0.2) is 38.7 Å². The number of benzene rings is 1. The molecule has 112 valence electrons. The molecular formula is C14H21NO4S. The van der Waals surface area contributed by atoms with E-state index in [1.165, 1.54) is 0 Å². The number of ether oxygens (including phenoxy) is 1. The second-order valence-corrected chi connectivity index (χ2v) is 7.55.